The molecule has 1 saturated heterocycles. The molecule has 1 unspecified atom stereocenters. The molecule has 5 rings (SSSR count). The molecule has 220 valence electrons. The Balaban J connectivity index is 1.44. The maximum Gasteiger partial charge on any atom is 0.243 e. The summed E-state index contributed by atoms with van der Waals surface area (Å²) in [6.07, 6.45) is 3.17. The fraction of sp³-hybridized carbons (Fsp3) is 0.312. The number of nitrogens with zero attached hydrogens (tertiary/aromatic N) is 3. The maximum absolute atomic E-state index is 13.7. The lowest BCUT2D eigenvalue weighted by molar-refractivity contribution is -0.116. The molecular formula is C32H36N4O5S. The van der Waals surface area contributed by atoms with Crippen LogP contribution in [0.25, 0.3) is 16.9 Å². The second-order valence-corrected chi connectivity index (χ2v) is 12.5. The Morgan fingerprint density at radius 3 is 2.40 bits per heavy atom. The summed E-state index contributed by atoms with van der Waals surface area (Å²) in [7, 11) is -2.49. The van der Waals surface area contributed by atoms with Gasteiger partial charge in [0.1, 0.15) is 5.75 Å². The Morgan fingerprint density at radius 2 is 1.79 bits per heavy atom. The number of benzene rings is 3. The van der Waals surface area contributed by atoms with Crippen molar-refractivity contribution in [3.05, 3.63) is 90.6 Å². The Bertz CT molecular complexity index is 1600. The van der Waals surface area contributed by atoms with Crippen molar-refractivity contribution in [3.63, 3.8) is 0 Å². The van der Waals surface area contributed by atoms with E-state index in [1.165, 1.54) is 29.1 Å². The highest BCUT2D eigenvalue weighted by molar-refractivity contribution is 7.89. The Kier molecular flexibility index (Phi) is 9.06. The molecule has 42 heavy (non-hydrogen) atoms. The van der Waals surface area contributed by atoms with Gasteiger partial charge in [0.15, 0.2) is 0 Å². The van der Waals surface area contributed by atoms with E-state index < -0.39 is 22.5 Å². The highest BCUT2D eigenvalue weighted by Gasteiger charge is 2.31. The fourth-order valence-electron chi connectivity index (χ4n) is 4.92. The number of sulfonamides is 1. The van der Waals surface area contributed by atoms with Gasteiger partial charge in [-0.3, -0.25) is 14.7 Å². The molecule has 9 nitrogen and oxygen atoms in total. The Morgan fingerprint density at radius 1 is 1.07 bits per heavy atom. The van der Waals surface area contributed by atoms with Crippen molar-refractivity contribution in [2.75, 3.05) is 32.1 Å². The first-order chi connectivity index (χ1) is 20.2. The molecule has 0 aliphatic carbocycles. The minimum Gasteiger partial charge on any atom is -0.497 e. The van der Waals surface area contributed by atoms with Gasteiger partial charge in [-0.25, -0.2) is 13.4 Å². The van der Waals surface area contributed by atoms with Gasteiger partial charge in [-0.1, -0.05) is 56.3 Å². The number of rotatable bonds is 11. The number of aromatic nitrogens is 2. The van der Waals surface area contributed by atoms with Crippen LogP contribution in [0, 0.1) is 0 Å². The third-order valence-electron chi connectivity index (χ3n) is 7.31. The first kappa shape index (κ1) is 29.5. The molecule has 3 aromatic carbocycles. The number of imidazole rings is 1. The normalized spacial score (nSPS) is 15.3. The zero-order chi connectivity index (χ0) is 29.7. The molecule has 10 heteroatoms. The molecule has 1 atom stereocenters. The summed E-state index contributed by atoms with van der Waals surface area (Å²) in [5.41, 5.74) is 3.60. The van der Waals surface area contributed by atoms with E-state index >= 15 is 0 Å². The summed E-state index contributed by atoms with van der Waals surface area (Å²) in [6, 6.07) is 23.9. The van der Waals surface area contributed by atoms with Crippen LogP contribution in [0.5, 0.6) is 5.75 Å². The van der Waals surface area contributed by atoms with E-state index in [0.717, 1.165) is 24.1 Å². The zero-order valence-corrected chi connectivity index (χ0v) is 24.9. The van der Waals surface area contributed by atoms with E-state index in [1.54, 1.807) is 12.1 Å². The summed E-state index contributed by atoms with van der Waals surface area (Å²) >= 11 is 0. The highest BCUT2D eigenvalue weighted by Crippen LogP contribution is 2.27. The number of carbonyl (C=O) groups excluding carboxylic acids is 1. The third kappa shape index (κ3) is 6.73. The van der Waals surface area contributed by atoms with Gasteiger partial charge in [0, 0.05) is 30.6 Å². The van der Waals surface area contributed by atoms with E-state index in [9.17, 15) is 13.2 Å². The minimum absolute atomic E-state index is 0.0716. The summed E-state index contributed by atoms with van der Waals surface area (Å²) in [6.45, 7) is 4.51. The average Bonchev–Trinajstić information content (AvgIpc) is 3.67. The highest BCUT2D eigenvalue weighted by atomic mass is 32.2. The molecule has 0 saturated carbocycles. The second kappa shape index (κ2) is 12.9. The van der Waals surface area contributed by atoms with E-state index in [1.807, 2.05) is 53.2 Å². The predicted octanol–water partition coefficient (Wildman–Crippen LogP) is 5.48. The summed E-state index contributed by atoms with van der Waals surface area (Å²) in [5.74, 6) is 0.716. The van der Waals surface area contributed by atoms with Crippen LogP contribution in [0.1, 0.15) is 38.2 Å². The molecule has 1 N–H and O–H groups in total. The van der Waals surface area contributed by atoms with Gasteiger partial charge in [0.05, 0.1) is 30.3 Å². The zero-order valence-electron chi connectivity index (χ0n) is 24.1. The van der Waals surface area contributed by atoms with Crippen LogP contribution in [0.15, 0.2) is 90.0 Å². The smallest absolute Gasteiger partial charge is 0.243 e. The molecule has 0 radical (unpaired) electrons. The first-order valence-electron chi connectivity index (χ1n) is 14.1. The van der Waals surface area contributed by atoms with Gasteiger partial charge in [0.2, 0.25) is 21.9 Å². The molecule has 4 aromatic rings. The van der Waals surface area contributed by atoms with Crippen molar-refractivity contribution in [3.8, 4) is 22.7 Å². The van der Waals surface area contributed by atoms with Crippen LogP contribution in [0.4, 0.5) is 5.95 Å². The van der Waals surface area contributed by atoms with Gasteiger partial charge in [-0.15, -0.1) is 0 Å². The van der Waals surface area contributed by atoms with Crippen molar-refractivity contribution >= 4 is 21.9 Å². The predicted molar refractivity (Wildman–Crippen MR) is 162 cm³/mol. The SMILES string of the molecule is COc1ccc(S(=O)(=O)N(CC(=O)Nc2nc(-c3ccccc3)cn2-c2ccc(C(C)C)cc2)CC2CCCO2)cc1. The lowest BCUT2D eigenvalue weighted by Crippen LogP contribution is -2.42. The van der Waals surface area contributed by atoms with E-state index in [0.29, 0.717) is 29.9 Å². The first-order valence-corrected chi connectivity index (χ1v) is 15.5. The van der Waals surface area contributed by atoms with Crippen molar-refractivity contribution in [1.29, 1.82) is 0 Å². The molecule has 1 fully saturated rings. The van der Waals surface area contributed by atoms with E-state index in [-0.39, 0.29) is 17.5 Å². The van der Waals surface area contributed by atoms with E-state index in [2.05, 4.69) is 31.3 Å². The Labute approximate surface area is 247 Å². The fourth-order valence-corrected chi connectivity index (χ4v) is 6.35. The van der Waals surface area contributed by atoms with Gasteiger partial charge < -0.3 is 9.47 Å². The van der Waals surface area contributed by atoms with Crippen LogP contribution >= 0.6 is 0 Å². The lowest BCUT2D eigenvalue weighted by atomic mass is 10.0. The Hall–Kier alpha value is -3.99. The van der Waals surface area contributed by atoms with Gasteiger partial charge in [-0.05, 0) is 60.7 Å². The molecular weight excluding hydrogens is 552 g/mol. The molecule has 1 aliphatic heterocycles. The molecule has 0 bridgehead atoms. The maximum atomic E-state index is 13.7. The van der Waals surface area contributed by atoms with E-state index in [4.69, 9.17) is 14.5 Å². The third-order valence-corrected chi connectivity index (χ3v) is 9.14. The topological polar surface area (TPSA) is 103 Å². The van der Waals surface area contributed by atoms with Gasteiger partial charge >= 0.3 is 0 Å². The largest absolute Gasteiger partial charge is 0.497 e. The molecule has 2 heterocycles. The number of hydrogen-bond donors (Lipinski definition) is 1. The number of carbonyl (C=O) groups is 1. The van der Waals surface area contributed by atoms with Crippen molar-refractivity contribution in [2.45, 2.75) is 43.6 Å². The quantitative estimate of drug-likeness (QED) is 0.249. The van der Waals surface area contributed by atoms with Crippen LogP contribution in [-0.4, -0.2) is 61.1 Å². The average molecular weight is 589 g/mol. The van der Waals surface area contributed by atoms with Crippen LogP contribution in [0.2, 0.25) is 0 Å². The molecule has 0 spiro atoms. The minimum atomic E-state index is -4.00. The number of anilines is 1. The summed E-state index contributed by atoms with van der Waals surface area (Å²) < 4.78 is 41.3. The summed E-state index contributed by atoms with van der Waals surface area (Å²) in [5, 5.41) is 2.88. The number of ether oxygens (including phenoxy) is 2. The molecule has 1 amide bonds. The van der Waals surface area contributed by atoms with Gasteiger partial charge in [0.25, 0.3) is 0 Å². The number of nitrogens with one attached hydrogen (secondary N) is 1. The van der Waals surface area contributed by atoms with Crippen LogP contribution in [-0.2, 0) is 19.6 Å². The van der Waals surface area contributed by atoms with Crippen molar-refractivity contribution in [1.82, 2.24) is 13.9 Å². The summed E-state index contributed by atoms with van der Waals surface area (Å²) in [4.78, 5) is 18.3. The number of methoxy groups -OCH3 is 1. The number of hydrogen-bond acceptors (Lipinski definition) is 6. The van der Waals surface area contributed by atoms with Crippen LogP contribution in [0.3, 0.4) is 0 Å². The number of amides is 1. The van der Waals surface area contributed by atoms with Crippen LogP contribution < -0.4 is 10.1 Å². The molecule has 1 aliphatic rings. The monoisotopic (exact) mass is 588 g/mol. The lowest BCUT2D eigenvalue weighted by Gasteiger charge is -2.24. The van der Waals surface area contributed by atoms with Crippen molar-refractivity contribution < 1.29 is 22.7 Å². The standard InChI is InChI=1S/C32H36N4O5S/c1-23(2)24-11-13-26(14-12-24)36-21-30(25-8-5-4-6-9-25)33-32(36)34-31(37)22-35(20-28-10-7-19-41-28)42(38,39)29-17-15-27(40-3)16-18-29/h4-6,8-9,11-18,21,23,28H,7,10,19-20,22H2,1-3H3,(H,33,34,37). The second-order valence-electron chi connectivity index (χ2n) is 10.6. The van der Waals surface area contributed by atoms with Crippen molar-refractivity contribution in [2.24, 2.45) is 0 Å². The molecule has 1 aromatic heterocycles. The van der Waals surface area contributed by atoms with Gasteiger partial charge in [-0.2, -0.15) is 4.31 Å².